The smallest absolute Gasteiger partial charge is 0.215 e. The highest BCUT2D eigenvalue weighted by Crippen LogP contribution is 2.20. The fraction of sp³-hybridized carbons (Fsp3) is 0.357. The Labute approximate surface area is 126 Å². The Kier molecular flexibility index (Phi) is 3.79. The fourth-order valence-corrected chi connectivity index (χ4v) is 2.40. The van der Waals surface area contributed by atoms with E-state index in [-0.39, 0.29) is 0 Å². The molecule has 0 unspecified atom stereocenters. The number of aryl methyl sites for hydroxylation is 2. The van der Waals surface area contributed by atoms with Crippen molar-refractivity contribution < 1.29 is 9.26 Å². The van der Waals surface area contributed by atoms with E-state index in [4.69, 9.17) is 20.9 Å². The lowest BCUT2D eigenvalue weighted by molar-refractivity contribution is 0.372. The Balaban J connectivity index is 2.09. The van der Waals surface area contributed by atoms with Crippen molar-refractivity contribution in [2.75, 3.05) is 13.0 Å². The van der Waals surface area contributed by atoms with Crippen molar-refractivity contribution in [3.63, 3.8) is 0 Å². The van der Waals surface area contributed by atoms with E-state index in [0.29, 0.717) is 24.7 Å². The van der Waals surface area contributed by atoms with E-state index in [2.05, 4.69) is 15.1 Å². The highest BCUT2D eigenvalue weighted by molar-refractivity contribution is 6.17. The first-order chi connectivity index (χ1) is 10.2. The molecule has 0 N–H and O–H groups in total. The topological polar surface area (TPSA) is 66.0 Å². The second-order valence-electron chi connectivity index (χ2n) is 4.68. The number of hydrogen-bond donors (Lipinski definition) is 0. The lowest BCUT2D eigenvalue weighted by Gasteiger charge is -2.05. The maximum atomic E-state index is 5.87. The summed E-state index contributed by atoms with van der Waals surface area (Å²) in [4.78, 5) is 9.05. The van der Waals surface area contributed by atoms with Crippen molar-refractivity contribution >= 4 is 22.8 Å². The average Bonchev–Trinajstić information content (AvgIpc) is 3.04. The van der Waals surface area contributed by atoms with Crippen LogP contribution in [0.5, 0.6) is 5.88 Å². The van der Waals surface area contributed by atoms with E-state index >= 15 is 0 Å². The number of pyridine rings is 1. The quantitative estimate of drug-likeness (QED) is 0.678. The molecule has 0 aliphatic rings. The van der Waals surface area contributed by atoms with E-state index < -0.39 is 0 Å². The van der Waals surface area contributed by atoms with Crippen molar-refractivity contribution in [1.29, 1.82) is 0 Å². The molecule has 0 aliphatic carbocycles. The van der Waals surface area contributed by atoms with Gasteiger partial charge in [-0.25, -0.2) is 4.98 Å². The summed E-state index contributed by atoms with van der Waals surface area (Å²) in [5, 5.41) is 3.91. The van der Waals surface area contributed by atoms with Gasteiger partial charge in [-0.15, -0.1) is 11.6 Å². The third-order valence-corrected chi connectivity index (χ3v) is 3.35. The molecule has 7 heteroatoms. The Morgan fingerprint density at radius 2 is 2.19 bits per heavy atom. The number of aromatic nitrogens is 4. The van der Waals surface area contributed by atoms with Gasteiger partial charge in [0.25, 0.3) is 0 Å². The summed E-state index contributed by atoms with van der Waals surface area (Å²) >= 11 is 5.87. The van der Waals surface area contributed by atoms with Crippen LogP contribution in [-0.4, -0.2) is 32.7 Å². The molecule has 0 saturated heterocycles. The molecule has 0 amide bonds. The van der Waals surface area contributed by atoms with Crippen molar-refractivity contribution in [1.82, 2.24) is 19.7 Å². The van der Waals surface area contributed by atoms with Crippen LogP contribution in [0, 0.1) is 6.92 Å². The zero-order valence-electron chi connectivity index (χ0n) is 11.8. The zero-order chi connectivity index (χ0) is 14.8. The van der Waals surface area contributed by atoms with Gasteiger partial charge in [0.05, 0.1) is 19.3 Å². The SMILES string of the molecule is COc1ccc2nc(CCCl)n(Cc3cc(C)no3)c2n1. The maximum absolute atomic E-state index is 5.87. The van der Waals surface area contributed by atoms with Gasteiger partial charge in [-0.3, -0.25) is 0 Å². The predicted octanol–water partition coefficient (Wildman–Crippen LogP) is 2.57. The molecule has 3 aromatic heterocycles. The largest absolute Gasteiger partial charge is 0.481 e. The number of halogens is 1. The molecule has 0 aliphatic heterocycles. The van der Waals surface area contributed by atoms with E-state index in [0.717, 1.165) is 28.4 Å². The molecule has 21 heavy (non-hydrogen) atoms. The van der Waals surface area contributed by atoms with E-state index in [1.807, 2.05) is 23.6 Å². The van der Waals surface area contributed by atoms with Crippen molar-refractivity contribution in [3.05, 3.63) is 35.5 Å². The minimum absolute atomic E-state index is 0.496. The Morgan fingerprint density at radius 1 is 1.33 bits per heavy atom. The predicted molar refractivity (Wildman–Crippen MR) is 78.8 cm³/mol. The van der Waals surface area contributed by atoms with E-state index in [9.17, 15) is 0 Å². The first-order valence-electron chi connectivity index (χ1n) is 6.59. The first-order valence-corrected chi connectivity index (χ1v) is 7.13. The number of alkyl halides is 1. The van der Waals surface area contributed by atoms with Crippen LogP contribution in [0.3, 0.4) is 0 Å². The molecule has 0 radical (unpaired) electrons. The van der Waals surface area contributed by atoms with Crippen LogP contribution in [0.4, 0.5) is 0 Å². The van der Waals surface area contributed by atoms with Crippen molar-refractivity contribution in [3.8, 4) is 5.88 Å². The summed E-state index contributed by atoms with van der Waals surface area (Å²) in [5.74, 6) is 2.67. The molecular formula is C14H15ClN4O2. The molecule has 110 valence electrons. The number of nitrogens with zero attached hydrogens (tertiary/aromatic N) is 4. The average molecular weight is 307 g/mol. The lowest BCUT2D eigenvalue weighted by atomic mass is 10.3. The summed E-state index contributed by atoms with van der Waals surface area (Å²) < 4.78 is 12.5. The summed E-state index contributed by atoms with van der Waals surface area (Å²) in [6.45, 7) is 2.41. The Hall–Kier alpha value is -2.08. The minimum atomic E-state index is 0.496. The van der Waals surface area contributed by atoms with Gasteiger partial charge in [0, 0.05) is 24.4 Å². The van der Waals surface area contributed by atoms with Gasteiger partial charge >= 0.3 is 0 Å². The standard InChI is InChI=1S/C14H15ClN4O2/c1-9-7-10(21-18-9)8-19-12(5-6-15)16-11-3-4-13(20-2)17-14(11)19/h3-4,7H,5-6,8H2,1-2H3. The molecule has 0 atom stereocenters. The molecule has 3 aromatic rings. The summed E-state index contributed by atoms with van der Waals surface area (Å²) in [7, 11) is 1.59. The second-order valence-corrected chi connectivity index (χ2v) is 5.06. The number of ether oxygens (including phenoxy) is 1. The third kappa shape index (κ3) is 2.71. The molecule has 0 bridgehead atoms. The molecular weight excluding hydrogens is 292 g/mol. The van der Waals surface area contributed by atoms with Crippen LogP contribution >= 0.6 is 11.6 Å². The number of methoxy groups -OCH3 is 1. The van der Waals surface area contributed by atoms with Crippen LogP contribution in [0.15, 0.2) is 22.7 Å². The van der Waals surface area contributed by atoms with E-state index in [1.54, 1.807) is 13.2 Å². The van der Waals surface area contributed by atoms with Crippen LogP contribution in [0.25, 0.3) is 11.2 Å². The summed E-state index contributed by atoms with van der Waals surface area (Å²) in [6.07, 6.45) is 0.660. The van der Waals surface area contributed by atoms with Crippen LogP contribution in [0.1, 0.15) is 17.3 Å². The number of hydrogen-bond acceptors (Lipinski definition) is 5. The Morgan fingerprint density at radius 3 is 2.86 bits per heavy atom. The lowest BCUT2D eigenvalue weighted by Crippen LogP contribution is -2.06. The fourth-order valence-electron chi connectivity index (χ4n) is 2.23. The number of imidazole rings is 1. The third-order valence-electron chi connectivity index (χ3n) is 3.16. The van der Waals surface area contributed by atoms with Crippen molar-refractivity contribution in [2.45, 2.75) is 19.9 Å². The highest BCUT2D eigenvalue weighted by atomic mass is 35.5. The maximum Gasteiger partial charge on any atom is 0.215 e. The summed E-state index contributed by atoms with van der Waals surface area (Å²) in [5.41, 5.74) is 2.41. The van der Waals surface area contributed by atoms with Crippen LogP contribution in [0.2, 0.25) is 0 Å². The first kappa shape index (κ1) is 13.9. The van der Waals surface area contributed by atoms with Crippen LogP contribution in [-0.2, 0) is 13.0 Å². The van der Waals surface area contributed by atoms with Gasteiger partial charge in [-0.1, -0.05) is 5.16 Å². The summed E-state index contributed by atoms with van der Waals surface area (Å²) in [6, 6.07) is 5.58. The highest BCUT2D eigenvalue weighted by Gasteiger charge is 2.14. The number of rotatable bonds is 5. The van der Waals surface area contributed by atoms with Gasteiger partial charge < -0.3 is 13.8 Å². The molecule has 6 nitrogen and oxygen atoms in total. The Bertz CT molecular complexity index is 766. The second kappa shape index (κ2) is 5.73. The molecule has 3 rings (SSSR count). The molecule has 0 aromatic carbocycles. The normalized spacial score (nSPS) is 11.2. The molecule has 0 spiro atoms. The zero-order valence-corrected chi connectivity index (χ0v) is 12.6. The van der Waals surface area contributed by atoms with Gasteiger partial charge in [0.15, 0.2) is 11.4 Å². The van der Waals surface area contributed by atoms with Gasteiger partial charge in [-0.2, -0.15) is 4.98 Å². The minimum Gasteiger partial charge on any atom is -0.481 e. The van der Waals surface area contributed by atoms with Gasteiger partial charge in [0.1, 0.15) is 11.3 Å². The van der Waals surface area contributed by atoms with Crippen LogP contribution < -0.4 is 4.74 Å². The number of fused-ring (bicyclic) bond motifs is 1. The molecule has 0 fully saturated rings. The monoisotopic (exact) mass is 306 g/mol. The molecule has 0 saturated carbocycles. The molecule has 3 heterocycles. The van der Waals surface area contributed by atoms with Gasteiger partial charge in [0.2, 0.25) is 5.88 Å². The van der Waals surface area contributed by atoms with Gasteiger partial charge in [-0.05, 0) is 13.0 Å². The van der Waals surface area contributed by atoms with E-state index in [1.165, 1.54) is 0 Å². The van der Waals surface area contributed by atoms with Crippen molar-refractivity contribution in [2.24, 2.45) is 0 Å².